The Balaban J connectivity index is 1.65. The Morgan fingerprint density at radius 3 is 2.66 bits per heavy atom. The third kappa shape index (κ3) is 5.95. The zero-order valence-corrected chi connectivity index (χ0v) is 18.3. The summed E-state index contributed by atoms with van der Waals surface area (Å²) < 4.78 is 8.84. The van der Waals surface area contributed by atoms with E-state index >= 15 is 0 Å². The average Bonchev–Trinajstić information content (AvgIpc) is 3.12. The van der Waals surface area contributed by atoms with Crippen molar-refractivity contribution in [2.45, 2.75) is 24.7 Å². The highest BCUT2D eigenvalue weighted by Gasteiger charge is 2.19. The monoisotopic (exact) mass is 472 g/mol. The van der Waals surface area contributed by atoms with Crippen LogP contribution in [0.2, 0.25) is 0 Å². The molecule has 0 aliphatic heterocycles. The van der Waals surface area contributed by atoms with Crippen LogP contribution < -0.4 is 10.1 Å². The van der Waals surface area contributed by atoms with Gasteiger partial charge < -0.3 is 10.1 Å². The summed E-state index contributed by atoms with van der Waals surface area (Å²) in [5.41, 5.74) is 0.747. The minimum absolute atomic E-state index is 0.111. The SMILES string of the molecule is C=CCn1c(SCC(=O)Nc2ccc(Br)cc2)nnc1[C@H](C)Oc1ccccc1. The van der Waals surface area contributed by atoms with E-state index in [0.717, 1.165) is 15.9 Å². The van der Waals surface area contributed by atoms with Crippen molar-refractivity contribution in [3.63, 3.8) is 0 Å². The van der Waals surface area contributed by atoms with Crippen LogP contribution in [0.15, 0.2) is 76.9 Å². The lowest BCUT2D eigenvalue weighted by Gasteiger charge is -2.15. The van der Waals surface area contributed by atoms with E-state index in [1.807, 2.05) is 66.1 Å². The Labute approximate surface area is 182 Å². The molecule has 0 unspecified atom stereocenters. The number of allylic oxidation sites excluding steroid dienone is 1. The number of amides is 1. The van der Waals surface area contributed by atoms with Crippen molar-refractivity contribution in [2.75, 3.05) is 11.1 Å². The van der Waals surface area contributed by atoms with Crippen molar-refractivity contribution in [3.05, 3.63) is 77.5 Å². The molecule has 0 bridgehead atoms. The van der Waals surface area contributed by atoms with Gasteiger partial charge in [-0.2, -0.15) is 0 Å². The third-order valence-corrected chi connectivity index (χ3v) is 5.43. The van der Waals surface area contributed by atoms with Gasteiger partial charge in [0.2, 0.25) is 5.91 Å². The summed E-state index contributed by atoms with van der Waals surface area (Å²) in [5.74, 6) is 1.56. The molecule has 0 radical (unpaired) electrons. The molecular weight excluding hydrogens is 452 g/mol. The largest absolute Gasteiger partial charge is 0.483 e. The summed E-state index contributed by atoms with van der Waals surface area (Å²) in [6.07, 6.45) is 1.48. The fourth-order valence-corrected chi connectivity index (χ4v) is 3.64. The van der Waals surface area contributed by atoms with Crippen LogP contribution in [0.25, 0.3) is 0 Å². The maximum Gasteiger partial charge on any atom is 0.234 e. The number of carbonyl (C=O) groups excluding carboxylic acids is 1. The number of hydrogen-bond donors (Lipinski definition) is 1. The summed E-state index contributed by atoms with van der Waals surface area (Å²) >= 11 is 4.70. The summed E-state index contributed by atoms with van der Waals surface area (Å²) in [5, 5.41) is 12.1. The standard InChI is InChI=1S/C21H21BrN4O2S/c1-3-13-26-20(15(2)28-18-7-5-4-6-8-18)24-25-21(26)29-14-19(27)23-17-11-9-16(22)10-12-17/h3-12,15H,1,13-14H2,2H3,(H,23,27)/t15-/m0/s1. The van der Waals surface area contributed by atoms with E-state index in [4.69, 9.17) is 4.74 Å². The zero-order valence-electron chi connectivity index (χ0n) is 15.9. The zero-order chi connectivity index (χ0) is 20.6. The van der Waals surface area contributed by atoms with Gasteiger partial charge in [-0.1, -0.05) is 52.0 Å². The molecule has 8 heteroatoms. The van der Waals surface area contributed by atoms with Crippen molar-refractivity contribution in [1.29, 1.82) is 0 Å². The number of aromatic nitrogens is 3. The second-order valence-corrected chi connectivity index (χ2v) is 8.02. The van der Waals surface area contributed by atoms with E-state index in [-0.39, 0.29) is 17.8 Å². The van der Waals surface area contributed by atoms with Gasteiger partial charge >= 0.3 is 0 Å². The molecule has 1 amide bonds. The molecule has 1 aromatic heterocycles. The van der Waals surface area contributed by atoms with Gasteiger partial charge in [0.1, 0.15) is 5.75 Å². The number of nitrogens with zero attached hydrogens (tertiary/aromatic N) is 3. The summed E-state index contributed by atoms with van der Waals surface area (Å²) in [4.78, 5) is 12.3. The molecule has 1 N–H and O–H groups in total. The summed E-state index contributed by atoms with van der Waals surface area (Å²) in [6, 6.07) is 17.0. The second-order valence-electron chi connectivity index (χ2n) is 6.16. The number of nitrogens with one attached hydrogen (secondary N) is 1. The fourth-order valence-electron chi connectivity index (χ4n) is 2.62. The van der Waals surface area contributed by atoms with Crippen LogP contribution in [0.4, 0.5) is 5.69 Å². The molecule has 3 rings (SSSR count). The first-order valence-electron chi connectivity index (χ1n) is 9.00. The smallest absolute Gasteiger partial charge is 0.234 e. The number of rotatable bonds is 9. The quantitative estimate of drug-likeness (QED) is 0.346. The molecular formula is C21H21BrN4O2S. The Bertz CT molecular complexity index is 961. The summed E-state index contributed by atoms with van der Waals surface area (Å²) in [7, 11) is 0. The van der Waals surface area contributed by atoms with Crippen molar-refractivity contribution < 1.29 is 9.53 Å². The van der Waals surface area contributed by atoms with E-state index in [1.54, 1.807) is 6.08 Å². The van der Waals surface area contributed by atoms with Crippen LogP contribution in [-0.2, 0) is 11.3 Å². The highest BCUT2D eigenvalue weighted by Crippen LogP contribution is 2.25. The highest BCUT2D eigenvalue weighted by atomic mass is 79.9. The maximum absolute atomic E-state index is 12.3. The molecule has 0 saturated carbocycles. The number of hydrogen-bond acceptors (Lipinski definition) is 5. The number of thioether (sulfide) groups is 1. The summed E-state index contributed by atoms with van der Waals surface area (Å²) in [6.45, 7) is 6.26. The number of anilines is 1. The lowest BCUT2D eigenvalue weighted by molar-refractivity contribution is -0.113. The number of benzene rings is 2. The molecule has 0 aliphatic rings. The third-order valence-electron chi connectivity index (χ3n) is 3.94. The molecule has 1 atom stereocenters. The van der Waals surface area contributed by atoms with Crippen molar-refractivity contribution >= 4 is 39.3 Å². The maximum atomic E-state index is 12.3. The van der Waals surface area contributed by atoms with Gasteiger partial charge in [0.25, 0.3) is 0 Å². The van der Waals surface area contributed by atoms with Gasteiger partial charge in [0.15, 0.2) is 17.1 Å². The first-order chi connectivity index (χ1) is 14.1. The molecule has 1 heterocycles. The number of carbonyl (C=O) groups is 1. The minimum atomic E-state index is -0.296. The van der Waals surface area contributed by atoms with Crippen LogP contribution in [-0.4, -0.2) is 26.4 Å². The topological polar surface area (TPSA) is 69.0 Å². The Morgan fingerprint density at radius 1 is 1.24 bits per heavy atom. The molecule has 2 aromatic carbocycles. The molecule has 3 aromatic rings. The van der Waals surface area contributed by atoms with Crippen LogP contribution in [0.1, 0.15) is 18.9 Å². The average molecular weight is 473 g/mol. The normalized spacial score (nSPS) is 11.7. The molecule has 6 nitrogen and oxygen atoms in total. The van der Waals surface area contributed by atoms with Crippen LogP contribution in [0.5, 0.6) is 5.75 Å². The second kappa shape index (κ2) is 10.3. The minimum Gasteiger partial charge on any atom is -0.483 e. The number of para-hydroxylation sites is 1. The van der Waals surface area contributed by atoms with E-state index in [1.165, 1.54) is 11.8 Å². The van der Waals surface area contributed by atoms with Crippen LogP contribution in [0.3, 0.4) is 0 Å². The van der Waals surface area contributed by atoms with E-state index in [2.05, 4.69) is 38.0 Å². The van der Waals surface area contributed by atoms with Crippen molar-refractivity contribution in [2.24, 2.45) is 0 Å². The lowest BCUT2D eigenvalue weighted by atomic mass is 10.3. The van der Waals surface area contributed by atoms with E-state index in [9.17, 15) is 4.79 Å². The van der Waals surface area contributed by atoms with Crippen molar-refractivity contribution in [3.8, 4) is 5.75 Å². The number of halogens is 1. The molecule has 0 aliphatic carbocycles. The molecule has 0 spiro atoms. The van der Waals surface area contributed by atoms with Gasteiger partial charge in [-0.25, -0.2) is 0 Å². The number of ether oxygens (including phenoxy) is 1. The first kappa shape index (κ1) is 21.1. The lowest BCUT2D eigenvalue weighted by Crippen LogP contribution is -2.15. The fraction of sp³-hybridized carbons (Fsp3) is 0.190. The predicted octanol–water partition coefficient (Wildman–Crippen LogP) is 5.10. The van der Waals surface area contributed by atoms with Gasteiger partial charge in [-0.3, -0.25) is 9.36 Å². The highest BCUT2D eigenvalue weighted by molar-refractivity contribution is 9.10. The van der Waals surface area contributed by atoms with Crippen LogP contribution in [0, 0.1) is 0 Å². The van der Waals surface area contributed by atoms with Crippen LogP contribution >= 0.6 is 27.7 Å². The predicted molar refractivity (Wildman–Crippen MR) is 119 cm³/mol. The Hall–Kier alpha value is -2.58. The van der Waals surface area contributed by atoms with Gasteiger partial charge in [-0.15, -0.1) is 16.8 Å². The molecule has 29 heavy (non-hydrogen) atoms. The Morgan fingerprint density at radius 2 is 1.97 bits per heavy atom. The molecule has 0 fully saturated rings. The van der Waals surface area contributed by atoms with E-state index in [0.29, 0.717) is 17.5 Å². The van der Waals surface area contributed by atoms with E-state index < -0.39 is 0 Å². The van der Waals surface area contributed by atoms with Gasteiger partial charge in [0.05, 0.1) is 5.75 Å². The molecule has 150 valence electrons. The van der Waals surface area contributed by atoms with Crippen molar-refractivity contribution in [1.82, 2.24) is 14.8 Å². The van der Waals surface area contributed by atoms with Gasteiger partial charge in [0, 0.05) is 16.7 Å². The molecule has 0 saturated heterocycles. The van der Waals surface area contributed by atoms with Gasteiger partial charge in [-0.05, 0) is 43.3 Å². The Kier molecular flexibility index (Phi) is 7.48. The first-order valence-corrected chi connectivity index (χ1v) is 10.8.